The molecule has 34 heavy (non-hydrogen) atoms. The maximum Gasteiger partial charge on any atom is 0.166 e. The minimum atomic E-state index is 0.0970. The molecule has 0 spiro atoms. The minimum absolute atomic E-state index is 0.0970. The average molecular weight is 467 g/mol. The van der Waals surface area contributed by atoms with Crippen molar-refractivity contribution in [1.82, 2.24) is 29.7 Å². The molecule has 168 valence electrons. The van der Waals surface area contributed by atoms with Gasteiger partial charge in [-0.25, -0.2) is 15.0 Å². The highest BCUT2D eigenvalue weighted by Crippen LogP contribution is 2.43. The van der Waals surface area contributed by atoms with Gasteiger partial charge in [-0.2, -0.15) is 0 Å². The van der Waals surface area contributed by atoms with Crippen LogP contribution in [0.4, 0.5) is 5.82 Å². The standard InChI is InChI=1S/C25H22N8S/c26-18-8-5-14-12-15(6-7-16(14)18)33-22(17-2-1-11-28-21(17)27)29-19-9-10-20(30-23(19)33)25-32-31-24(34-25)13-3-4-13/h1-2,6-7,9-13,18H,3-5,8,26H2,(H2,27,28)/t18-/m0/s1. The Morgan fingerprint density at radius 3 is 2.76 bits per heavy atom. The number of aromatic nitrogens is 6. The molecule has 1 fully saturated rings. The Morgan fingerprint density at radius 1 is 1.00 bits per heavy atom. The summed E-state index contributed by atoms with van der Waals surface area (Å²) in [5.41, 5.74) is 19.1. The van der Waals surface area contributed by atoms with Gasteiger partial charge in [0, 0.05) is 23.8 Å². The van der Waals surface area contributed by atoms with Crippen molar-refractivity contribution in [3.63, 3.8) is 0 Å². The van der Waals surface area contributed by atoms with E-state index in [4.69, 9.17) is 21.4 Å². The first-order valence-electron chi connectivity index (χ1n) is 11.5. The quantitative estimate of drug-likeness (QED) is 0.402. The molecule has 1 saturated carbocycles. The van der Waals surface area contributed by atoms with Crippen molar-refractivity contribution >= 4 is 28.3 Å². The van der Waals surface area contributed by atoms with Gasteiger partial charge in [0.05, 0.1) is 5.56 Å². The van der Waals surface area contributed by atoms with Crippen LogP contribution in [-0.4, -0.2) is 29.7 Å². The molecular weight excluding hydrogens is 444 g/mol. The summed E-state index contributed by atoms with van der Waals surface area (Å²) >= 11 is 1.63. The van der Waals surface area contributed by atoms with Crippen molar-refractivity contribution in [3.8, 4) is 27.8 Å². The number of anilines is 1. The molecule has 4 aromatic heterocycles. The maximum absolute atomic E-state index is 6.29. The summed E-state index contributed by atoms with van der Waals surface area (Å²) in [6.45, 7) is 0. The van der Waals surface area contributed by atoms with Crippen LogP contribution in [0.15, 0.2) is 48.7 Å². The molecule has 7 rings (SSSR count). The predicted molar refractivity (Wildman–Crippen MR) is 133 cm³/mol. The number of nitrogens with two attached hydrogens (primary N) is 2. The van der Waals surface area contributed by atoms with E-state index in [1.165, 1.54) is 24.0 Å². The van der Waals surface area contributed by atoms with E-state index in [1.807, 2.05) is 24.3 Å². The molecule has 0 saturated heterocycles. The van der Waals surface area contributed by atoms with Crippen LogP contribution in [0, 0.1) is 0 Å². The van der Waals surface area contributed by atoms with Crippen LogP contribution in [0.25, 0.3) is 38.9 Å². The summed E-state index contributed by atoms with van der Waals surface area (Å²) in [7, 11) is 0. The first-order valence-corrected chi connectivity index (χ1v) is 12.3. The van der Waals surface area contributed by atoms with Crippen LogP contribution in [0.5, 0.6) is 0 Å². The van der Waals surface area contributed by atoms with Crippen molar-refractivity contribution in [3.05, 3.63) is 64.8 Å². The molecule has 4 heterocycles. The number of fused-ring (bicyclic) bond motifs is 2. The number of nitrogen functional groups attached to an aromatic ring is 1. The predicted octanol–water partition coefficient (Wildman–Crippen LogP) is 4.41. The van der Waals surface area contributed by atoms with E-state index in [1.54, 1.807) is 17.5 Å². The number of rotatable bonds is 4. The Hall–Kier alpha value is -3.69. The highest BCUT2D eigenvalue weighted by Gasteiger charge is 2.28. The molecule has 0 amide bonds. The zero-order chi connectivity index (χ0) is 22.8. The Bertz CT molecular complexity index is 1560. The third kappa shape index (κ3) is 3.12. The first-order chi connectivity index (χ1) is 16.7. The second-order valence-corrected chi connectivity index (χ2v) is 10.0. The van der Waals surface area contributed by atoms with E-state index in [0.29, 0.717) is 17.6 Å². The Kier molecular flexibility index (Phi) is 4.30. The smallest absolute Gasteiger partial charge is 0.166 e. The lowest BCUT2D eigenvalue weighted by atomic mass is 10.1. The SMILES string of the molecule is Nc1ncccc1-c1nc2ccc(-c3nnc(C4CC4)s3)nc2n1-c1ccc2c(c1)CC[C@@H]2N. The molecule has 8 nitrogen and oxygen atoms in total. The van der Waals surface area contributed by atoms with Crippen molar-refractivity contribution in [1.29, 1.82) is 0 Å². The molecule has 9 heteroatoms. The number of hydrogen-bond acceptors (Lipinski definition) is 8. The fraction of sp³-hybridized carbons (Fsp3) is 0.240. The second-order valence-electron chi connectivity index (χ2n) is 8.99. The van der Waals surface area contributed by atoms with Crippen LogP contribution in [0.3, 0.4) is 0 Å². The molecule has 4 N–H and O–H groups in total. The van der Waals surface area contributed by atoms with Gasteiger partial charge < -0.3 is 11.5 Å². The average Bonchev–Trinajstić information content (AvgIpc) is 3.30. The van der Waals surface area contributed by atoms with E-state index in [9.17, 15) is 0 Å². The van der Waals surface area contributed by atoms with Gasteiger partial charge in [0.25, 0.3) is 0 Å². The molecule has 2 aliphatic rings. The number of benzene rings is 1. The Balaban J connectivity index is 1.45. The normalized spacial score (nSPS) is 17.4. The third-order valence-electron chi connectivity index (χ3n) is 6.68. The fourth-order valence-corrected chi connectivity index (χ4v) is 5.70. The van der Waals surface area contributed by atoms with E-state index >= 15 is 0 Å². The summed E-state index contributed by atoms with van der Waals surface area (Å²) in [6.07, 6.45) is 6.02. The lowest BCUT2D eigenvalue weighted by Crippen LogP contribution is -2.06. The van der Waals surface area contributed by atoms with Crippen molar-refractivity contribution in [2.45, 2.75) is 37.6 Å². The summed E-state index contributed by atoms with van der Waals surface area (Å²) in [5.74, 6) is 1.71. The highest BCUT2D eigenvalue weighted by molar-refractivity contribution is 7.14. The van der Waals surface area contributed by atoms with Gasteiger partial charge in [-0.15, -0.1) is 10.2 Å². The molecule has 1 atom stereocenters. The molecule has 2 aliphatic carbocycles. The monoisotopic (exact) mass is 466 g/mol. The van der Waals surface area contributed by atoms with Crippen LogP contribution < -0.4 is 11.5 Å². The number of hydrogen-bond donors (Lipinski definition) is 2. The van der Waals surface area contributed by atoms with Crippen LogP contribution in [0.2, 0.25) is 0 Å². The summed E-state index contributed by atoms with van der Waals surface area (Å²) in [5, 5.41) is 10.8. The summed E-state index contributed by atoms with van der Waals surface area (Å²) in [4.78, 5) is 14.2. The number of nitrogens with zero attached hydrogens (tertiary/aromatic N) is 6. The lowest BCUT2D eigenvalue weighted by Gasteiger charge is -2.12. The van der Waals surface area contributed by atoms with Gasteiger partial charge >= 0.3 is 0 Å². The van der Waals surface area contributed by atoms with Crippen LogP contribution in [0.1, 0.15) is 47.4 Å². The lowest BCUT2D eigenvalue weighted by molar-refractivity contribution is 0.713. The molecule has 5 aromatic rings. The minimum Gasteiger partial charge on any atom is -0.383 e. The number of imidazole rings is 1. The Labute approximate surface area is 199 Å². The van der Waals surface area contributed by atoms with Crippen molar-refractivity contribution < 1.29 is 0 Å². The van der Waals surface area contributed by atoms with E-state index in [0.717, 1.165) is 51.0 Å². The molecule has 0 bridgehead atoms. The maximum atomic E-state index is 6.29. The van der Waals surface area contributed by atoms with E-state index < -0.39 is 0 Å². The van der Waals surface area contributed by atoms with E-state index in [-0.39, 0.29) is 6.04 Å². The van der Waals surface area contributed by atoms with Gasteiger partial charge in [0.2, 0.25) is 0 Å². The Morgan fingerprint density at radius 2 is 1.91 bits per heavy atom. The number of aryl methyl sites for hydroxylation is 1. The van der Waals surface area contributed by atoms with E-state index in [2.05, 4.69) is 37.9 Å². The van der Waals surface area contributed by atoms with Gasteiger partial charge in [0.1, 0.15) is 22.0 Å². The third-order valence-corrected chi connectivity index (χ3v) is 7.79. The summed E-state index contributed by atoms with van der Waals surface area (Å²) in [6, 6.07) is 14.3. The van der Waals surface area contributed by atoms with Crippen molar-refractivity contribution in [2.75, 3.05) is 5.73 Å². The van der Waals surface area contributed by atoms with Gasteiger partial charge in [0.15, 0.2) is 16.5 Å². The van der Waals surface area contributed by atoms with Crippen molar-refractivity contribution in [2.24, 2.45) is 5.73 Å². The molecule has 0 radical (unpaired) electrons. The van der Waals surface area contributed by atoms with Gasteiger partial charge in [-0.05, 0) is 73.2 Å². The molecule has 0 aliphatic heterocycles. The molecule has 1 aromatic carbocycles. The number of pyridine rings is 2. The fourth-order valence-electron chi connectivity index (χ4n) is 4.72. The largest absolute Gasteiger partial charge is 0.383 e. The summed E-state index contributed by atoms with van der Waals surface area (Å²) < 4.78 is 2.07. The molecular formula is C25H22N8S. The highest BCUT2D eigenvalue weighted by atomic mass is 32.1. The van der Waals surface area contributed by atoms with Crippen LogP contribution in [-0.2, 0) is 6.42 Å². The molecule has 0 unspecified atom stereocenters. The zero-order valence-electron chi connectivity index (χ0n) is 18.3. The van der Waals surface area contributed by atoms with Gasteiger partial charge in [-0.1, -0.05) is 17.4 Å². The first kappa shape index (κ1) is 19.7. The second kappa shape index (κ2) is 7.41. The van der Waals surface area contributed by atoms with Gasteiger partial charge in [-0.3, -0.25) is 4.57 Å². The van der Waals surface area contributed by atoms with Crippen LogP contribution >= 0.6 is 11.3 Å². The zero-order valence-corrected chi connectivity index (χ0v) is 19.2. The topological polar surface area (TPSA) is 121 Å².